The van der Waals surface area contributed by atoms with Crippen LogP contribution in [0.15, 0.2) is 122 Å². The van der Waals surface area contributed by atoms with Crippen molar-refractivity contribution < 1.29 is 49.8 Å². The molecule has 0 unspecified atom stereocenters. The van der Waals surface area contributed by atoms with Crippen molar-refractivity contribution in [2.75, 3.05) is 0 Å². The Morgan fingerprint density at radius 3 is 1.21 bits per heavy atom. The summed E-state index contributed by atoms with van der Waals surface area (Å²) in [7, 11) is 0. The molecule has 0 amide bonds. The van der Waals surface area contributed by atoms with Gasteiger partial charge in [0, 0.05) is 30.4 Å². The normalized spacial score (nSPS) is 8.83. The molecule has 210 valence electrons. The van der Waals surface area contributed by atoms with Gasteiger partial charge in [0.1, 0.15) is 6.07 Å². The zero-order valence-corrected chi connectivity index (χ0v) is 24.0. The van der Waals surface area contributed by atoms with E-state index in [1.54, 1.807) is 54.7 Å². The van der Waals surface area contributed by atoms with Gasteiger partial charge in [-0.1, -0.05) is 48.5 Å². The topological polar surface area (TPSA) is 196 Å². The molecule has 0 aliphatic heterocycles. The van der Waals surface area contributed by atoms with Gasteiger partial charge in [0.05, 0.1) is 46.2 Å². The SMILES string of the molecule is N#Cc1cccnc1-c1ccccc1.O=C([O-])c1ccccn1.O=C([O-])c1ccccn1.O=C([O-])c1ccccn1.[Ir+3]. The molecule has 11 nitrogen and oxygen atoms in total. The monoisotopic (exact) mass is 739 g/mol. The number of pyridine rings is 4. The molecule has 5 rings (SSSR count). The number of carboxylic acid groups (broad SMARTS) is 3. The van der Waals surface area contributed by atoms with Crippen LogP contribution in [0.2, 0.25) is 0 Å². The van der Waals surface area contributed by atoms with Crippen molar-refractivity contribution in [3.8, 4) is 17.3 Å². The Morgan fingerprint density at radius 2 is 0.905 bits per heavy atom. The van der Waals surface area contributed by atoms with Crippen LogP contribution in [0.5, 0.6) is 0 Å². The Balaban J connectivity index is 0.000000284. The van der Waals surface area contributed by atoms with Crippen molar-refractivity contribution in [1.29, 1.82) is 5.26 Å². The molecule has 0 bridgehead atoms. The number of nitrogens with zero attached hydrogens (tertiary/aromatic N) is 5. The standard InChI is InChI=1S/C12H8N2.3C6H5NO2.Ir/c13-9-11-7-4-8-14-12(11)10-5-2-1-3-6-10;3*8-6(9)5-3-1-2-4-7-5;/h1-8H;3*1-4H,(H,8,9);/q;;;;+3/p-3. The molecule has 0 saturated heterocycles. The summed E-state index contributed by atoms with van der Waals surface area (Å²) in [5.41, 5.74) is 2.24. The molecular weight excluding hydrogens is 719 g/mol. The fourth-order valence-corrected chi connectivity index (χ4v) is 2.77. The second kappa shape index (κ2) is 19.4. The Hall–Kier alpha value is -5.63. The maximum Gasteiger partial charge on any atom is 3.00 e. The summed E-state index contributed by atoms with van der Waals surface area (Å²) in [5, 5.41) is 39.0. The van der Waals surface area contributed by atoms with Crippen molar-refractivity contribution >= 4 is 17.9 Å². The van der Waals surface area contributed by atoms with Crippen LogP contribution in [-0.4, -0.2) is 37.8 Å². The van der Waals surface area contributed by atoms with Crippen molar-refractivity contribution in [3.05, 3.63) is 144 Å². The number of benzene rings is 1. The number of carbonyl (C=O) groups excluding carboxylic acids is 3. The van der Waals surface area contributed by atoms with Gasteiger partial charge >= 0.3 is 20.1 Å². The minimum Gasteiger partial charge on any atom is -0.543 e. The van der Waals surface area contributed by atoms with Crippen molar-refractivity contribution in [2.45, 2.75) is 0 Å². The minimum atomic E-state index is -1.24. The molecule has 4 heterocycles. The van der Waals surface area contributed by atoms with Gasteiger partial charge in [-0.3, -0.25) is 19.9 Å². The van der Waals surface area contributed by atoms with E-state index in [4.69, 9.17) is 5.26 Å². The summed E-state index contributed by atoms with van der Waals surface area (Å²) in [4.78, 5) is 44.8. The van der Waals surface area contributed by atoms with Gasteiger partial charge in [-0.25, -0.2) is 0 Å². The molecule has 0 aliphatic carbocycles. The maximum atomic E-state index is 10.0. The maximum absolute atomic E-state index is 10.0. The molecule has 1 aromatic carbocycles. The van der Waals surface area contributed by atoms with E-state index in [1.165, 1.54) is 36.8 Å². The number of hydrogen-bond acceptors (Lipinski definition) is 11. The summed E-state index contributed by atoms with van der Waals surface area (Å²) in [6, 6.07) is 29.3. The number of aromatic carboxylic acids is 3. The molecular formula is C30H20IrN5O6. The second-order valence-electron chi connectivity index (χ2n) is 7.38. The Kier molecular flexibility index (Phi) is 15.9. The van der Waals surface area contributed by atoms with Gasteiger partial charge in [-0.05, 0) is 48.5 Å². The van der Waals surface area contributed by atoms with Gasteiger partial charge in [0.2, 0.25) is 0 Å². The van der Waals surface area contributed by atoms with Gasteiger partial charge in [0.25, 0.3) is 0 Å². The first-order valence-corrected chi connectivity index (χ1v) is 11.6. The van der Waals surface area contributed by atoms with Crippen LogP contribution in [0.3, 0.4) is 0 Å². The third-order valence-electron chi connectivity index (χ3n) is 4.60. The number of carboxylic acids is 3. The van der Waals surface area contributed by atoms with Crippen LogP contribution >= 0.6 is 0 Å². The molecule has 0 radical (unpaired) electrons. The van der Waals surface area contributed by atoms with E-state index >= 15 is 0 Å². The molecule has 0 N–H and O–H groups in total. The van der Waals surface area contributed by atoms with Crippen LogP contribution in [-0.2, 0) is 20.1 Å². The third kappa shape index (κ3) is 12.5. The van der Waals surface area contributed by atoms with E-state index in [0.717, 1.165) is 11.3 Å². The molecule has 0 atom stereocenters. The molecule has 0 spiro atoms. The molecule has 0 fully saturated rings. The first-order chi connectivity index (χ1) is 19.8. The fourth-order valence-electron chi connectivity index (χ4n) is 2.77. The summed E-state index contributed by atoms with van der Waals surface area (Å²) in [5.74, 6) is -3.72. The fraction of sp³-hybridized carbons (Fsp3) is 0. The predicted octanol–water partition coefficient (Wildman–Crippen LogP) is 0.953. The minimum absolute atomic E-state index is 0. The van der Waals surface area contributed by atoms with Crippen LogP contribution in [0, 0.1) is 11.3 Å². The number of hydrogen-bond donors (Lipinski definition) is 0. The molecule has 5 aromatic rings. The molecule has 4 aromatic heterocycles. The van der Waals surface area contributed by atoms with Crippen LogP contribution < -0.4 is 15.3 Å². The Morgan fingerprint density at radius 1 is 0.524 bits per heavy atom. The predicted molar refractivity (Wildman–Crippen MR) is 140 cm³/mol. The zero-order chi connectivity index (χ0) is 29.9. The van der Waals surface area contributed by atoms with Gasteiger partial charge in [-0.15, -0.1) is 0 Å². The van der Waals surface area contributed by atoms with Crippen LogP contribution in [0.4, 0.5) is 0 Å². The Bertz CT molecular complexity index is 1450. The van der Waals surface area contributed by atoms with E-state index in [9.17, 15) is 29.7 Å². The smallest absolute Gasteiger partial charge is 0.543 e. The third-order valence-corrected chi connectivity index (χ3v) is 4.60. The number of rotatable bonds is 4. The summed E-state index contributed by atoms with van der Waals surface area (Å²) in [6.07, 6.45) is 5.92. The Labute approximate surface area is 254 Å². The quantitative estimate of drug-likeness (QED) is 0.255. The molecule has 0 aliphatic rings. The first-order valence-electron chi connectivity index (χ1n) is 11.6. The number of carbonyl (C=O) groups is 3. The van der Waals surface area contributed by atoms with E-state index in [0.29, 0.717) is 5.56 Å². The molecule has 12 heteroatoms. The van der Waals surface area contributed by atoms with Crippen molar-refractivity contribution in [2.24, 2.45) is 0 Å². The second-order valence-corrected chi connectivity index (χ2v) is 7.38. The molecule has 42 heavy (non-hydrogen) atoms. The largest absolute Gasteiger partial charge is 3.00 e. The first kappa shape index (κ1) is 34.4. The van der Waals surface area contributed by atoms with Crippen molar-refractivity contribution in [1.82, 2.24) is 19.9 Å². The molecule has 0 saturated carbocycles. The van der Waals surface area contributed by atoms with Gasteiger partial charge < -0.3 is 29.7 Å². The summed E-state index contributed by atoms with van der Waals surface area (Å²) < 4.78 is 0. The van der Waals surface area contributed by atoms with E-state index in [-0.39, 0.29) is 37.2 Å². The summed E-state index contributed by atoms with van der Waals surface area (Å²) in [6.45, 7) is 0. The average Bonchev–Trinajstić information content (AvgIpc) is 3.03. The van der Waals surface area contributed by atoms with Crippen LogP contribution in [0.25, 0.3) is 11.3 Å². The van der Waals surface area contributed by atoms with Gasteiger partial charge in [0.15, 0.2) is 0 Å². The van der Waals surface area contributed by atoms with E-state index in [2.05, 4.69) is 26.0 Å². The zero-order valence-electron chi connectivity index (χ0n) is 21.6. The number of aromatic nitrogens is 4. The van der Waals surface area contributed by atoms with Gasteiger partial charge in [-0.2, -0.15) is 5.26 Å². The average molecular weight is 739 g/mol. The van der Waals surface area contributed by atoms with E-state index < -0.39 is 17.9 Å². The van der Waals surface area contributed by atoms with E-state index in [1.807, 2.05) is 30.3 Å². The van der Waals surface area contributed by atoms with Crippen LogP contribution in [0.1, 0.15) is 37.0 Å². The van der Waals surface area contributed by atoms with Crippen molar-refractivity contribution in [3.63, 3.8) is 0 Å². The summed E-state index contributed by atoms with van der Waals surface area (Å²) >= 11 is 0. The number of nitriles is 1.